The van der Waals surface area contributed by atoms with E-state index in [1.54, 1.807) is 24.3 Å². The summed E-state index contributed by atoms with van der Waals surface area (Å²) >= 11 is 0. The van der Waals surface area contributed by atoms with Crippen LogP contribution in [0.1, 0.15) is 28.6 Å². The number of imidazole rings is 1. The maximum Gasteiger partial charge on any atom is 0.245 e. The lowest BCUT2D eigenvalue weighted by Crippen LogP contribution is -2.42. The molecule has 1 N–H and O–H groups in total. The van der Waals surface area contributed by atoms with E-state index in [1.807, 2.05) is 42.3 Å². The molecule has 0 fully saturated rings. The first-order chi connectivity index (χ1) is 12.7. The van der Waals surface area contributed by atoms with Crippen molar-refractivity contribution < 1.29 is 9.53 Å². The molecule has 1 aliphatic rings. The highest BCUT2D eigenvalue weighted by atomic mass is 16.5. The third kappa shape index (κ3) is 2.96. The van der Waals surface area contributed by atoms with Gasteiger partial charge >= 0.3 is 0 Å². The molecule has 7 heteroatoms. The smallest absolute Gasteiger partial charge is 0.245 e. The minimum atomic E-state index is -0.208. The average molecular weight is 351 g/mol. The number of nitrogens with one attached hydrogen (secondary N) is 1. The third-order valence-corrected chi connectivity index (χ3v) is 4.74. The SMILES string of the molecule is COc1ccc([C@H]2c3nc[nH]c3CCN2C(=O)Cn2cc(C)cn2)cc1. The van der Waals surface area contributed by atoms with Crippen molar-refractivity contribution in [2.75, 3.05) is 13.7 Å². The fraction of sp³-hybridized carbons (Fsp3) is 0.316. The van der Waals surface area contributed by atoms with Gasteiger partial charge in [0, 0.05) is 24.9 Å². The van der Waals surface area contributed by atoms with Crippen molar-refractivity contribution in [1.29, 1.82) is 0 Å². The molecule has 3 heterocycles. The molecule has 0 saturated carbocycles. The number of nitrogens with zero attached hydrogens (tertiary/aromatic N) is 4. The van der Waals surface area contributed by atoms with Gasteiger partial charge in [0.25, 0.3) is 0 Å². The quantitative estimate of drug-likeness (QED) is 0.781. The van der Waals surface area contributed by atoms with Gasteiger partial charge < -0.3 is 14.6 Å². The van der Waals surface area contributed by atoms with Gasteiger partial charge in [0.05, 0.1) is 25.3 Å². The molecule has 0 aliphatic carbocycles. The van der Waals surface area contributed by atoms with E-state index in [2.05, 4.69) is 15.1 Å². The number of amides is 1. The largest absolute Gasteiger partial charge is 0.497 e. The standard InChI is InChI=1S/C19H21N5O2/c1-13-9-22-23(10-13)11-17(25)24-8-7-16-18(21-12-20-16)19(24)14-3-5-15(26-2)6-4-14/h3-6,9-10,12,19H,7-8,11H2,1-2H3,(H,20,21)/t19-/m0/s1. The van der Waals surface area contributed by atoms with E-state index in [4.69, 9.17) is 4.74 Å². The molecule has 134 valence electrons. The Bertz CT molecular complexity index is 912. The van der Waals surface area contributed by atoms with Gasteiger partial charge in [-0.25, -0.2) is 4.98 Å². The first-order valence-corrected chi connectivity index (χ1v) is 8.60. The molecule has 7 nitrogen and oxygen atoms in total. The van der Waals surface area contributed by atoms with Crippen molar-refractivity contribution in [2.45, 2.75) is 25.9 Å². The summed E-state index contributed by atoms with van der Waals surface area (Å²) in [6.45, 7) is 2.83. The second-order valence-corrected chi connectivity index (χ2v) is 6.49. The van der Waals surface area contributed by atoms with Crippen LogP contribution >= 0.6 is 0 Å². The van der Waals surface area contributed by atoms with E-state index in [0.717, 1.165) is 34.7 Å². The zero-order valence-corrected chi connectivity index (χ0v) is 14.8. The molecule has 1 aliphatic heterocycles. The molecule has 0 radical (unpaired) electrons. The van der Waals surface area contributed by atoms with Gasteiger partial charge in [-0.3, -0.25) is 9.48 Å². The first-order valence-electron chi connectivity index (χ1n) is 8.60. The Morgan fingerprint density at radius 2 is 2.15 bits per heavy atom. The van der Waals surface area contributed by atoms with Crippen molar-refractivity contribution in [1.82, 2.24) is 24.6 Å². The van der Waals surface area contributed by atoms with Crippen molar-refractivity contribution >= 4 is 5.91 Å². The van der Waals surface area contributed by atoms with Crippen molar-refractivity contribution in [3.8, 4) is 5.75 Å². The van der Waals surface area contributed by atoms with E-state index >= 15 is 0 Å². The second-order valence-electron chi connectivity index (χ2n) is 6.49. The van der Waals surface area contributed by atoms with Crippen molar-refractivity contribution in [3.05, 3.63) is 65.5 Å². The minimum absolute atomic E-state index is 0.0302. The van der Waals surface area contributed by atoms with Crippen LogP contribution in [0.2, 0.25) is 0 Å². The number of rotatable bonds is 4. The Kier molecular flexibility index (Phi) is 4.20. The first kappa shape index (κ1) is 16.4. The summed E-state index contributed by atoms with van der Waals surface area (Å²) in [5, 5.41) is 4.24. The Balaban J connectivity index is 1.66. The molecule has 3 aromatic rings. The maximum atomic E-state index is 13.0. The zero-order chi connectivity index (χ0) is 18.1. The van der Waals surface area contributed by atoms with E-state index in [1.165, 1.54) is 0 Å². The molecule has 0 unspecified atom stereocenters. The minimum Gasteiger partial charge on any atom is -0.497 e. The summed E-state index contributed by atoms with van der Waals surface area (Å²) in [5.74, 6) is 0.819. The number of carbonyl (C=O) groups is 1. The van der Waals surface area contributed by atoms with Crippen molar-refractivity contribution in [2.24, 2.45) is 0 Å². The Hall–Kier alpha value is -3.09. The van der Waals surface area contributed by atoms with Crippen LogP contribution in [0.25, 0.3) is 0 Å². The lowest BCUT2D eigenvalue weighted by Gasteiger charge is -2.35. The number of aryl methyl sites for hydroxylation is 1. The number of aromatic nitrogens is 4. The fourth-order valence-electron chi connectivity index (χ4n) is 3.45. The highest BCUT2D eigenvalue weighted by Crippen LogP contribution is 2.34. The van der Waals surface area contributed by atoms with Gasteiger partial charge in [-0.2, -0.15) is 5.10 Å². The zero-order valence-electron chi connectivity index (χ0n) is 14.8. The van der Waals surface area contributed by atoms with Gasteiger partial charge in [-0.05, 0) is 30.2 Å². The van der Waals surface area contributed by atoms with Crippen LogP contribution in [0.3, 0.4) is 0 Å². The highest BCUT2D eigenvalue weighted by Gasteiger charge is 2.34. The molecular formula is C19H21N5O2. The van der Waals surface area contributed by atoms with E-state index in [9.17, 15) is 4.79 Å². The summed E-state index contributed by atoms with van der Waals surface area (Å²) in [4.78, 5) is 22.6. The number of hydrogen-bond acceptors (Lipinski definition) is 4. The van der Waals surface area contributed by atoms with E-state index in [0.29, 0.717) is 6.54 Å². The molecule has 4 rings (SSSR count). The van der Waals surface area contributed by atoms with Crippen molar-refractivity contribution in [3.63, 3.8) is 0 Å². The third-order valence-electron chi connectivity index (χ3n) is 4.74. The van der Waals surface area contributed by atoms with E-state index < -0.39 is 0 Å². The number of hydrogen-bond donors (Lipinski definition) is 1. The normalized spacial score (nSPS) is 16.4. The summed E-state index contributed by atoms with van der Waals surface area (Å²) in [7, 11) is 1.64. The Labute approximate surface area is 151 Å². The van der Waals surface area contributed by atoms with Gasteiger partial charge in [0.2, 0.25) is 5.91 Å². The molecule has 1 atom stereocenters. The number of aromatic amines is 1. The van der Waals surface area contributed by atoms with Crippen LogP contribution in [0.15, 0.2) is 43.0 Å². The Morgan fingerprint density at radius 3 is 2.85 bits per heavy atom. The number of methoxy groups -OCH3 is 1. The van der Waals surface area contributed by atoms with Crippen LogP contribution < -0.4 is 4.74 Å². The molecule has 0 bridgehead atoms. The molecule has 1 aromatic carbocycles. The van der Waals surface area contributed by atoms with Crippen LogP contribution in [0, 0.1) is 6.92 Å². The Morgan fingerprint density at radius 1 is 1.35 bits per heavy atom. The van der Waals surface area contributed by atoms with Gasteiger partial charge in [-0.15, -0.1) is 0 Å². The van der Waals surface area contributed by atoms with Crippen LogP contribution in [0.5, 0.6) is 5.75 Å². The molecule has 26 heavy (non-hydrogen) atoms. The fourth-order valence-corrected chi connectivity index (χ4v) is 3.45. The van der Waals surface area contributed by atoms with Crippen LogP contribution in [-0.4, -0.2) is 44.2 Å². The molecular weight excluding hydrogens is 330 g/mol. The predicted molar refractivity (Wildman–Crippen MR) is 95.8 cm³/mol. The number of ether oxygens (including phenoxy) is 1. The summed E-state index contributed by atoms with van der Waals surface area (Å²) < 4.78 is 6.94. The molecule has 2 aromatic heterocycles. The topological polar surface area (TPSA) is 76.0 Å². The number of carbonyl (C=O) groups excluding carboxylic acids is 1. The van der Waals surface area contributed by atoms with E-state index in [-0.39, 0.29) is 18.5 Å². The van der Waals surface area contributed by atoms with Gasteiger partial charge in [0.15, 0.2) is 0 Å². The monoisotopic (exact) mass is 351 g/mol. The molecule has 0 spiro atoms. The lowest BCUT2D eigenvalue weighted by molar-refractivity contribution is -0.134. The maximum absolute atomic E-state index is 13.0. The molecule has 1 amide bonds. The number of fused-ring (bicyclic) bond motifs is 1. The average Bonchev–Trinajstić information content (AvgIpc) is 3.29. The summed E-state index contributed by atoms with van der Waals surface area (Å²) in [6, 6.07) is 7.60. The lowest BCUT2D eigenvalue weighted by atomic mass is 9.95. The summed E-state index contributed by atoms with van der Waals surface area (Å²) in [5.41, 5.74) is 4.05. The number of benzene rings is 1. The highest BCUT2D eigenvalue weighted by molar-refractivity contribution is 5.77. The molecule has 0 saturated heterocycles. The van der Waals surface area contributed by atoms with Gasteiger partial charge in [-0.1, -0.05) is 12.1 Å². The second kappa shape index (κ2) is 6.67. The van der Waals surface area contributed by atoms with Crippen LogP contribution in [0.4, 0.5) is 0 Å². The van der Waals surface area contributed by atoms with Crippen LogP contribution in [-0.2, 0) is 17.8 Å². The summed E-state index contributed by atoms with van der Waals surface area (Å²) in [6.07, 6.45) is 6.11. The predicted octanol–water partition coefficient (Wildman–Crippen LogP) is 2.10. The van der Waals surface area contributed by atoms with Gasteiger partial charge in [0.1, 0.15) is 18.3 Å². The number of H-pyrrole nitrogens is 1.